The van der Waals surface area contributed by atoms with Crippen molar-refractivity contribution < 1.29 is 4.79 Å². The molecule has 0 spiro atoms. The Labute approximate surface area is 122 Å². The van der Waals surface area contributed by atoms with E-state index >= 15 is 0 Å². The fourth-order valence-corrected chi connectivity index (χ4v) is 5.85. The van der Waals surface area contributed by atoms with E-state index in [0.29, 0.717) is 11.7 Å². The Morgan fingerprint density at radius 2 is 2.05 bits per heavy atom. The lowest BCUT2D eigenvalue weighted by molar-refractivity contribution is -0.129. The third-order valence-electron chi connectivity index (χ3n) is 6.99. The number of allylic oxidation sites excluding steroid dienone is 4. The van der Waals surface area contributed by atoms with Gasteiger partial charge in [0.25, 0.3) is 0 Å². The third-order valence-corrected chi connectivity index (χ3v) is 6.99. The molecule has 4 aliphatic carbocycles. The predicted molar refractivity (Wildman–Crippen MR) is 81.3 cm³/mol. The lowest BCUT2D eigenvalue weighted by atomic mass is 9.54. The van der Waals surface area contributed by atoms with Crippen LogP contribution in [-0.4, -0.2) is 5.78 Å². The molecule has 20 heavy (non-hydrogen) atoms. The number of carbonyl (C=O) groups excluding carboxylic acids is 1. The molecule has 4 aliphatic rings. The Bertz CT molecular complexity index is 524. The van der Waals surface area contributed by atoms with Gasteiger partial charge in [0, 0.05) is 11.8 Å². The number of hydrogen-bond donors (Lipinski definition) is 0. The molecule has 3 unspecified atom stereocenters. The summed E-state index contributed by atoms with van der Waals surface area (Å²) in [4.78, 5) is 12.3. The molecule has 0 radical (unpaired) electrons. The van der Waals surface area contributed by atoms with Crippen molar-refractivity contribution >= 4 is 5.78 Å². The van der Waals surface area contributed by atoms with Crippen molar-refractivity contribution in [1.29, 1.82) is 0 Å². The van der Waals surface area contributed by atoms with E-state index in [1.54, 1.807) is 16.7 Å². The van der Waals surface area contributed by atoms with E-state index in [4.69, 9.17) is 0 Å². The Hall–Kier alpha value is -0.850. The molecule has 0 saturated heterocycles. The highest BCUT2D eigenvalue weighted by molar-refractivity contribution is 5.87. The van der Waals surface area contributed by atoms with Crippen molar-refractivity contribution in [2.45, 2.75) is 65.2 Å². The molecule has 4 atom stereocenters. The van der Waals surface area contributed by atoms with Gasteiger partial charge in [-0.3, -0.25) is 4.79 Å². The van der Waals surface area contributed by atoms with Crippen LogP contribution in [0.15, 0.2) is 22.8 Å². The summed E-state index contributed by atoms with van der Waals surface area (Å²) >= 11 is 0. The van der Waals surface area contributed by atoms with E-state index in [9.17, 15) is 4.79 Å². The molecule has 108 valence electrons. The molecular weight excluding hydrogens is 244 g/mol. The van der Waals surface area contributed by atoms with Crippen molar-refractivity contribution in [3.63, 3.8) is 0 Å². The standard InChI is InChI=1S/C19H26O/c1-12-3-5-14-13(11-12)4-6-16-15(14)9-10-19(2)17(16)7-8-18(19)20/h3,15-17H,4-11H2,1-2H3/t15?,16?,17?,19-/m0/s1. The number of rotatable bonds is 0. The average molecular weight is 270 g/mol. The van der Waals surface area contributed by atoms with E-state index < -0.39 is 0 Å². The third kappa shape index (κ3) is 1.64. The Morgan fingerprint density at radius 1 is 1.20 bits per heavy atom. The van der Waals surface area contributed by atoms with Crippen molar-refractivity contribution in [3.05, 3.63) is 22.8 Å². The van der Waals surface area contributed by atoms with Gasteiger partial charge in [-0.2, -0.15) is 0 Å². The van der Waals surface area contributed by atoms with Crippen LogP contribution < -0.4 is 0 Å². The first kappa shape index (κ1) is 12.9. The molecule has 4 rings (SSSR count). The predicted octanol–water partition coefficient (Wildman–Crippen LogP) is 4.83. The second-order valence-electron chi connectivity index (χ2n) is 7.89. The number of carbonyl (C=O) groups is 1. The number of ketones is 1. The number of fused-ring (bicyclic) bond motifs is 4. The van der Waals surface area contributed by atoms with Crippen molar-refractivity contribution in [2.75, 3.05) is 0 Å². The molecule has 0 aromatic rings. The zero-order chi connectivity index (χ0) is 13.9. The zero-order valence-electron chi connectivity index (χ0n) is 12.9. The first-order valence-electron chi connectivity index (χ1n) is 8.49. The highest BCUT2D eigenvalue weighted by atomic mass is 16.1. The minimum atomic E-state index is 0.0413. The molecule has 0 aromatic carbocycles. The molecule has 2 saturated carbocycles. The van der Waals surface area contributed by atoms with Crippen LogP contribution in [0.25, 0.3) is 0 Å². The summed E-state index contributed by atoms with van der Waals surface area (Å²) in [6.07, 6.45) is 12.0. The topological polar surface area (TPSA) is 17.1 Å². The van der Waals surface area contributed by atoms with Gasteiger partial charge in [0.05, 0.1) is 0 Å². The quantitative estimate of drug-likeness (QED) is 0.576. The SMILES string of the molecule is CC1=CCC2=C(CCC3C2CC[C@]2(C)C(=O)CCC32)C1. The van der Waals surface area contributed by atoms with Crippen LogP contribution in [0.5, 0.6) is 0 Å². The van der Waals surface area contributed by atoms with E-state index in [2.05, 4.69) is 19.9 Å². The van der Waals surface area contributed by atoms with E-state index in [1.807, 2.05) is 0 Å². The van der Waals surface area contributed by atoms with Gasteiger partial charge in [-0.05, 0) is 69.6 Å². The highest BCUT2D eigenvalue weighted by Gasteiger charge is 2.54. The fraction of sp³-hybridized carbons (Fsp3) is 0.737. The highest BCUT2D eigenvalue weighted by Crippen LogP contribution is 2.59. The molecule has 0 N–H and O–H groups in total. The van der Waals surface area contributed by atoms with Crippen LogP contribution in [0.3, 0.4) is 0 Å². The minimum absolute atomic E-state index is 0.0413. The van der Waals surface area contributed by atoms with Gasteiger partial charge < -0.3 is 0 Å². The monoisotopic (exact) mass is 270 g/mol. The normalized spacial score (nSPS) is 43.8. The summed E-state index contributed by atoms with van der Waals surface area (Å²) in [6, 6.07) is 0. The summed E-state index contributed by atoms with van der Waals surface area (Å²) < 4.78 is 0. The maximum Gasteiger partial charge on any atom is 0.139 e. The average Bonchev–Trinajstić information content (AvgIpc) is 2.74. The smallest absolute Gasteiger partial charge is 0.139 e. The van der Waals surface area contributed by atoms with E-state index in [1.165, 1.54) is 38.5 Å². The van der Waals surface area contributed by atoms with Crippen LogP contribution >= 0.6 is 0 Å². The minimum Gasteiger partial charge on any atom is -0.299 e. The van der Waals surface area contributed by atoms with Crippen molar-refractivity contribution in [2.24, 2.45) is 23.2 Å². The van der Waals surface area contributed by atoms with Crippen LogP contribution in [0.4, 0.5) is 0 Å². The first-order chi connectivity index (χ1) is 9.59. The molecule has 0 amide bonds. The lowest BCUT2D eigenvalue weighted by Crippen LogP contribution is -2.43. The molecule has 0 bridgehead atoms. The van der Waals surface area contributed by atoms with Crippen molar-refractivity contribution in [3.8, 4) is 0 Å². The van der Waals surface area contributed by atoms with E-state index in [0.717, 1.165) is 24.7 Å². The van der Waals surface area contributed by atoms with E-state index in [-0.39, 0.29) is 5.41 Å². The van der Waals surface area contributed by atoms with Gasteiger partial charge in [0.1, 0.15) is 5.78 Å². The lowest BCUT2D eigenvalue weighted by Gasteiger charge is -2.49. The number of hydrogen-bond acceptors (Lipinski definition) is 1. The van der Waals surface area contributed by atoms with Gasteiger partial charge in [0.2, 0.25) is 0 Å². The molecule has 0 heterocycles. The fourth-order valence-electron chi connectivity index (χ4n) is 5.85. The number of Topliss-reactive ketones (excluding diaryl/α,β-unsaturated/α-hetero) is 1. The van der Waals surface area contributed by atoms with Gasteiger partial charge in [-0.15, -0.1) is 0 Å². The van der Waals surface area contributed by atoms with Crippen LogP contribution in [0, 0.1) is 23.2 Å². The molecular formula is C19H26O. The van der Waals surface area contributed by atoms with Gasteiger partial charge in [0.15, 0.2) is 0 Å². The molecule has 1 nitrogen and oxygen atoms in total. The maximum atomic E-state index is 12.3. The van der Waals surface area contributed by atoms with Crippen LogP contribution in [-0.2, 0) is 4.79 Å². The molecule has 2 fully saturated rings. The maximum absolute atomic E-state index is 12.3. The second kappa shape index (κ2) is 4.32. The Kier molecular flexibility index (Phi) is 2.78. The Morgan fingerprint density at radius 3 is 2.90 bits per heavy atom. The summed E-state index contributed by atoms with van der Waals surface area (Å²) in [6.45, 7) is 4.56. The van der Waals surface area contributed by atoms with Gasteiger partial charge >= 0.3 is 0 Å². The van der Waals surface area contributed by atoms with Gasteiger partial charge in [-0.25, -0.2) is 0 Å². The summed E-state index contributed by atoms with van der Waals surface area (Å²) in [5.41, 5.74) is 5.16. The largest absolute Gasteiger partial charge is 0.299 e. The molecule has 1 heteroatoms. The van der Waals surface area contributed by atoms with Crippen LogP contribution in [0.2, 0.25) is 0 Å². The molecule has 0 aliphatic heterocycles. The summed E-state index contributed by atoms with van der Waals surface area (Å²) in [5.74, 6) is 2.88. The molecule has 0 aromatic heterocycles. The zero-order valence-corrected chi connectivity index (χ0v) is 12.9. The first-order valence-corrected chi connectivity index (χ1v) is 8.49. The summed E-state index contributed by atoms with van der Waals surface area (Å²) in [5, 5.41) is 0. The second-order valence-corrected chi connectivity index (χ2v) is 7.89. The Balaban J connectivity index is 1.66. The summed E-state index contributed by atoms with van der Waals surface area (Å²) in [7, 11) is 0. The van der Waals surface area contributed by atoms with Crippen LogP contribution in [0.1, 0.15) is 65.2 Å². The van der Waals surface area contributed by atoms with Gasteiger partial charge in [-0.1, -0.05) is 29.7 Å². The van der Waals surface area contributed by atoms with Crippen molar-refractivity contribution in [1.82, 2.24) is 0 Å².